The fourth-order valence-electron chi connectivity index (χ4n) is 1.78. The molecule has 0 saturated carbocycles. The van der Waals surface area contributed by atoms with Crippen LogP contribution in [0, 0.1) is 5.82 Å². The minimum Gasteiger partial charge on any atom is -0.381 e. The van der Waals surface area contributed by atoms with Gasteiger partial charge in [-0.25, -0.2) is 4.39 Å². The van der Waals surface area contributed by atoms with Gasteiger partial charge in [0.25, 0.3) is 0 Å². The Balaban J connectivity index is 2.93. The highest BCUT2D eigenvalue weighted by Crippen LogP contribution is 2.30. The third-order valence-electron chi connectivity index (χ3n) is 2.76. The van der Waals surface area contributed by atoms with E-state index in [0.717, 1.165) is 24.6 Å². The molecule has 0 spiro atoms. The normalized spacial score (nSPS) is 13.7. The van der Waals surface area contributed by atoms with Gasteiger partial charge in [0.2, 0.25) is 0 Å². The molecule has 5 heteroatoms. The van der Waals surface area contributed by atoms with Crippen molar-refractivity contribution in [1.29, 1.82) is 0 Å². The first-order chi connectivity index (χ1) is 8.38. The quantitative estimate of drug-likeness (QED) is 0.724. The molecule has 102 valence electrons. The Morgan fingerprint density at radius 3 is 2.44 bits per heavy atom. The van der Waals surface area contributed by atoms with Crippen LogP contribution in [0.1, 0.15) is 30.9 Å². The van der Waals surface area contributed by atoms with E-state index in [4.69, 9.17) is 4.74 Å². The van der Waals surface area contributed by atoms with E-state index in [-0.39, 0.29) is 18.1 Å². The van der Waals surface area contributed by atoms with E-state index >= 15 is 0 Å². The Kier molecular flexibility index (Phi) is 5.14. The molecule has 0 amide bonds. The lowest BCUT2D eigenvalue weighted by molar-refractivity contribution is -0.137. The lowest BCUT2D eigenvalue weighted by Gasteiger charge is -2.16. The summed E-state index contributed by atoms with van der Waals surface area (Å²) < 4.78 is 56.1. The van der Waals surface area contributed by atoms with E-state index in [1.807, 2.05) is 6.92 Å². The average molecular weight is 264 g/mol. The second-order valence-corrected chi connectivity index (χ2v) is 4.15. The highest BCUT2D eigenvalue weighted by molar-refractivity contribution is 5.27. The molecule has 0 aliphatic heterocycles. The summed E-state index contributed by atoms with van der Waals surface area (Å²) in [5.41, 5.74) is -0.782. The van der Waals surface area contributed by atoms with Gasteiger partial charge in [0, 0.05) is 13.5 Å². The monoisotopic (exact) mass is 264 g/mol. The molecule has 1 aromatic rings. The largest absolute Gasteiger partial charge is 0.416 e. The zero-order valence-corrected chi connectivity index (χ0v) is 10.4. The Hall–Kier alpha value is -1.10. The van der Waals surface area contributed by atoms with E-state index in [1.54, 1.807) is 0 Å². The van der Waals surface area contributed by atoms with Gasteiger partial charge in [-0.2, -0.15) is 13.2 Å². The van der Waals surface area contributed by atoms with Gasteiger partial charge in [-0.3, -0.25) is 0 Å². The smallest absolute Gasteiger partial charge is 0.381 e. The van der Waals surface area contributed by atoms with E-state index in [2.05, 4.69) is 0 Å². The van der Waals surface area contributed by atoms with Gasteiger partial charge in [0.1, 0.15) is 5.82 Å². The molecule has 0 radical (unpaired) electrons. The summed E-state index contributed by atoms with van der Waals surface area (Å²) in [6.07, 6.45) is -3.03. The summed E-state index contributed by atoms with van der Waals surface area (Å²) in [5.74, 6) is -0.624. The molecule has 0 aliphatic carbocycles. The van der Waals surface area contributed by atoms with Gasteiger partial charge in [-0.15, -0.1) is 0 Å². The highest BCUT2D eigenvalue weighted by Gasteiger charge is 2.31. The molecular formula is C13H16F4O. The van der Waals surface area contributed by atoms with Crippen molar-refractivity contribution in [2.45, 2.75) is 38.5 Å². The van der Waals surface area contributed by atoms with Crippen molar-refractivity contribution in [3.63, 3.8) is 0 Å². The summed E-state index contributed by atoms with van der Waals surface area (Å²) in [7, 11) is 1.48. The van der Waals surface area contributed by atoms with E-state index < -0.39 is 17.6 Å². The summed E-state index contributed by atoms with van der Waals surface area (Å²) in [6.45, 7) is 1.94. The Morgan fingerprint density at radius 2 is 1.94 bits per heavy atom. The number of benzene rings is 1. The fraction of sp³-hybridized carbons (Fsp3) is 0.538. The first-order valence-electron chi connectivity index (χ1n) is 5.77. The second-order valence-electron chi connectivity index (χ2n) is 4.15. The van der Waals surface area contributed by atoms with Gasteiger partial charge < -0.3 is 4.74 Å². The molecule has 0 bridgehead atoms. The van der Waals surface area contributed by atoms with Gasteiger partial charge in [-0.1, -0.05) is 13.3 Å². The number of alkyl halides is 3. The van der Waals surface area contributed by atoms with Gasteiger partial charge in [-0.05, 0) is 30.2 Å². The Labute approximate surface area is 104 Å². The number of hydrogen-bond acceptors (Lipinski definition) is 1. The van der Waals surface area contributed by atoms with Gasteiger partial charge in [0.05, 0.1) is 11.7 Å². The van der Waals surface area contributed by atoms with Crippen LogP contribution < -0.4 is 0 Å². The third kappa shape index (κ3) is 3.98. The maximum atomic E-state index is 13.5. The lowest BCUT2D eigenvalue weighted by atomic mass is 10.0. The van der Waals surface area contributed by atoms with Crippen LogP contribution in [0.15, 0.2) is 18.2 Å². The number of rotatable bonds is 5. The van der Waals surface area contributed by atoms with Crippen molar-refractivity contribution in [2.75, 3.05) is 7.11 Å². The maximum absolute atomic E-state index is 13.5. The van der Waals surface area contributed by atoms with Crippen LogP contribution >= 0.6 is 0 Å². The summed E-state index contributed by atoms with van der Waals surface area (Å²) >= 11 is 0. The molecule has 1 unspecified atom stereocenters. The third-order valence-corrected chi connectivity index (χ3v) is 2.76. The van der Waals surface area contributed by atoms with Crippen LogP contribution in [0.5, 0.6) is 0 Å². The first kappa shape index (κ1) is 15.0. The van der Waals surface area contributed by atoms with Crippen molar-refractivity contribution in [3.05, 3.63) is 35.1 Å². The summed E-state index contributed by atoms with van der Waals surface area (Å²) in [5, 5.41) is 0. The first-order valence-corrected chi connectivity index (χ1v) is 5.77. The molecule has 0 heterocycles. The fourth-order valence-corrected chi connectivity index (χ4v) is 1.78. The van der Waals surface area contributed by atoms with E-state index in [1.165, 1.54) is 7.11 Å². The van der Waals surface area contributed by atoms with Crippen LogP contribution in [0.25, 0.3) is 0 Å². The molecule has 0 aliphatic rings. The summed E-state index contributed by atoms with van der Waals surface area (Å²) in [4.78, 5) is 0. The van der Waals surface area contributed by atoms with Crippen LogP contribution in [-0.2, 0) is 17.3 Å². The zero-order valence-electron chi connectivity index (χ0n) is 10.4. The molecular weight excluding hydrogens is 248 g/mol. The molecule has 1 atom stereocenters. The Bertz CT molecular complexity index is 387. The standard InChI is InChI=1S/C13H16F4O/c1-3-4-11(18-2)8-9-7-10(13(15,16)17)5-6-12(9)14/h5-7,11H,3-4,8H2,1-2H3. The van der Waals surface area contributed by atoms with Crippen molar-refractivity contribution in [2.24, 2.45) is 0 Å². The molecule has 1 aromatic carbocycles. The summed E-state index contributed by atoms with van der Waals surface area (Å²) in [6, 6.07) is 2.47. The molecule has 0 fully saturated rings. The lowest BCUT2D eigenvalue weighted by Crippen LogP contribution is -2.15. The van der Waals surface area contributed by atoms with Crippen molar-refractivity contribution in [1.82, 2.24) is 0 Å². The molecule has 1 nitrogen and oxygen atoms in total. The molecule has 0 N–H and O–H groups in total. The van der Waals surface area contributed by atoms with Crippen LogP contribution in [0.3, 0.4) is 0 Å². The average Bonchev–Trinajstić information content (AvgIpc) is 2.29. The number of halogens is 4. The number of ether oxygens (including phenoxy) is 1. The maximum Gasteiger partial charge on any atom is 0.416 e. The molecule has 0 aromatic heterocycles. The van der Waals surface area contributed by atoms with E-state index in [9.17, 15) is 17.6 Å². The Morgan fingerprint density at radius 1 is 1.28 bits per heavy atom. The molecule has 1 rings (SSSR count). The minimum atomic E-state index is -4.45. The highest BCUT2D eigenvalue weighted by atomic mass is 19.4. The van der Waals surface area contributed by atoms with E-state index in [0.29, 0.717) is 6.42 Å². The molecule has 18 heavy (non-hydrogen) atoms. The van der Waals surface area contributed by atoms with Gasteiger partial charge in [0.15, 0.2) is 0 Å². The number of hydrogen-bond donors (Lipinski definition) is 0. The number of methoxy groups -OCH3 is 1. The van der Waals surface area contributed by atoms with Crippen molar-refractivity contribution in [3.8, 4) is 0 Å². The predicted molar refractivity (Wildman–Crippen MR) is 60.8 cm³/mol. The van der Waals surface area contributed by atoms with Crippen molar-refractivity contribution < 1.29 is 22.3 Å². The van der Waals surface area contributed by atoms with Crippen LogP contribution in [0.4, 0.5) is 17.6 Å². The van der Waals surface area contributed by atoms with Crippen LogP contribution in [0.2, 0.25) is 0 Å². The van der Waals surface area contributed by atoms with Crippen molar-refractivity contribution >= 4 is 0 Å². The topological polar surface area (TPSA) is 9.23 Å². The zero-order chi connectivity index (χ0) is 13.8. The molecule has 0 saturated heterocycles. The van der Waals surface area contributed by atoms with Crippen LogP contribution in [-0.4, -0.2) is 13.2 Å². The minimum absolute atomic E-state index is 0.0464. The SMILES string of the molecule is CCCC(Cc1cc(C(F)(F)F)ccc1F)OC. The van der Waals surface area contributed by atoms with Gasteiger partial charge >= 0.3 is 6.18 Å². The predicted octanol–water partition coefficient (Wildman–Crippen LogP) is 4.20. The second kappa shape index (κ2) is 6.18.